The number of halogens is 1. The zero-order valence-electron chi connectivity index (χ0n) is 11.4. The van der Waals surface area contributed by atoms with Gasteiger partial charge in [0.25, 0.3) is 0 Å². The SMILES string of the molecule is C/C(=C(\C)c1ccc(F)cc1N)c1cccc(C)n1. The third-order valence-electron chi connectivity index (χ3n) is 3.25. The Morgan fingerprint density at radius 3 is 2.47 bits per heavy atom. The molecule has 0 aliphatic carbocycles. The van der Waals surface area contributed by atoms with Crippen LogP contribution in [0.15, 0.2) is 36.4 Å². The summed E-state index contributed by atoms with van der Waals surface area (Å²) in [7, 11) is 0. The zero-order valence-corrected chi connectivity index (χ0v) is 11.4. The van der Waals surface area contributed by atoms with Crippen molar-refractivity contribution in [1.82, 2.24) is 4.98 Å². The summed E-state index contributed by atoms with van der Waals surface area (Å²) in [4.78, 5) is 4.49. The molecule has 1 heterocycles. The van der Waals surface area contributed by atoms with E-state index < -0.39 is 0 Å². The number of rotatable bonds is 2. The number of hydrogen-bond donors (Lipinski definition) is 1. The van der Waals surface area contributed by atoms with Crippen LogP contribution in [0.1, 0.15) is 30.8 Å². The number of nitrogens with zero attached hydrogens (tertiary/aromatic N) is 1. The molecule has 0 fully saturated rings. The Labute approximate surface area is 112 Å². The van der Waals surface area contributed by atoms with Crippen LogP contribution in [0.25, 0.3) is 11.1 Å². The summed E-state index contributed by atoms with van der Waals surface area (Å²) in [6, 6.07) is 10.4. The van der Waals surface area contributed by atoms with Gasteiger partial charge in [0, 0.05) is 16.9 Å². The number of hydrogen-bond acceptors (Lipinski definition) is 2. The first-order valence-corrected chi connectivity index (χ1v) is 6.16. The van der Waals surface area contributed by atoms with Crippen molar-refractivity contribution in [3.05, 3.63) is 59.2 Å². The van der Waals surface area contributed by atoms with E-state index in [4.69, 9.17) is 5.73 Å². The average molecular weight is 256 g/mol. The van der Waals surface area contributed by atoms with E-state index in [1.165, 1.54) is 12.1 Å². The van der Waals surface area contributed by atoms with Crippen molar-refractivity contribution in [2.75, 3.05) is 5.73 Å². The van der Waals surface area contributed by atoms with E-state index >= 15 is 0 Å². The van der Waals surface area contributed by atoms with Crippen LogP contribution in [0.5, 0.6) is 0 Å². The van der Waals surface area contributed by atoms with Crippen LogP contribution in [0.4, 0.5) is 10.1 Å². The van der Waals surface area contributed by atoms with Gasteiger partial charge in [0.05, 0.1) is 5.69 Å². The summed E-state index contributed by atoms with van der Waals surface area (Å²) in [5, 5.41) is 0. The number of anilines is 1. The van der Waals surface area contributed by atoms with Gasteiger partial charge in [0.1, 0.15) is 5.82 Å². The second-order valence-electron chi connectivity index (χ2n) is 4.65. The molecule has 0 saturated heterocycles. The molecule has 2 rings (SSSR count). The number of benzene rings is 1. The fraction of sp³-hybridized carbons (Fsp3) is 0.188. The Kier molecular flexibility index (Phi) is 3.65. The predicted molar refractivity (Wildman–Crippen MR) is 77.9 cm³/mol. The topological polar surface area (TPSA) is 38.9 Å². The maximum atomic E-state index is 13.1. The van der Waals surface area contributed by atoms with Crippen LogP contribution in [0, 0.1) is 12.7 Å². The molecular formula is C16H17FN2. The van der Waals surface area contributed by atoms with Crippen LogP contribution in [-0.2, 0) is 0 Å². The van der Waals surface area contributed by atoms with Crippen molar-refractivity contribution < 1.29 is 4.39 Å². The van der Waals surface area contributed by atoms with Gasteiger partial charge in [-0.15, -0.1) is 0 Å². The maximum Gasteiger partial charge on any atom is 0.125 e. The van der Waals surface area contributed by atoms with Gasteiger partial charge < -0.3 is 5.73 Å². The van der Waals surface area contributed by atoms with Crippen molar-refractivity contribution in [3.63, 3.8) is 0 Å². The van der Waals surface area contributed by atoms with Gasteiger partial charge in [0.2, 0.25) is 0 Å². The van der Waals surface area contributed by atoms with E-state index in [2.05, 4.69) is 4.98 Å². The molecule has 0 unspecified atom stereocenters. The first-order chi connectivity index (χ1) is 8.99. The highest BCUT2D eigenvalue weighted by Gasteiger charge is 2.08. The minimum Gasteiger partial charge on any atom is -0.398 e. The lowest BCUT2D eigenvalue weighted by molar-refractivity contribution is 0.628. The van der Waals surface area contributed by atoms with Gasteiger partial charge in [-0.3, -0.25) is 4.98 Å². The Bertz CT molecular complexity index is 645. The Morgan fingerprint density at radius 1 is 1.11 bits per heavy atom. The van der Waals surface area contributed by atoms with Crippen molar-refractivity contribution >= 4 is 16.8 Å². The maximum absolute atomic E-state index is 13.1. The van der Waals surface area contributed by atoms with Crippen LogP contribution < -0.4 is 5.73 Å². The number of pyridine rings is 1. The number of allylic oxidation sites excluding steroid dienone is 2. The average Bonchev–Trinajstić information content (AvgIpc) is 2.37. The predicted octanol–water partition coefficient (Wildman–Crippen LogP) is 4.06. The van der Waals surface area contributed by atoms with Gasteiger partial charge in [-0.1, -0.05) is 6.07 Å². The molecule has 1 aromatic carbocycles. The molecule has 19 heavy (non-hydrogen) atoms. The third-order valence-corrected chi connectivity index (χ3v) is 3.25. The van der Waals surface area contributed by atoms with Gasteiger partial charge in [-0.2, -0.15) is 0 Å². The highest BCUT2D eigenvalue weighted by Crippen LogP contribution is 2.28. The Hall–Kier alpha value is -2.16. The lowest BCUT2D eigenvalue weighted by Crippen LogP contribution is -1.96. The summed E-state index contributed by atoms with van der Waals surface area (Å²) in [6.45, 7) is 5.93. The molecule has 2 aromatic rings. The smallest absolute Gasteiger partial charge is 0.125 e. The highest BCUT2D eigenvalue weighted by atomic mass is 19.1. The normalized spacial score (nSPS) is 12.2. The van der Waals surface area contributed by atoms with Crippen molar-refractivity contribution in [2.45, 2.75) is 20.8 Å². The quantitative estimate of drug-likeness (QED) is 0.823. The molecule has 0 spiro atoms. The monoisotopic (exact) mass is 256 g/mol. The van der Waals surface area contributed by atoms with Gasteiger partial charge >= 0.3 is 0 Å². The molecule has 3 heteroatoms. The van der Waals surface area contributed by atoms with Gasteiger partial charge in [-0.25, -0.2) is 4.39 Å². The molecule has 0 bridgehead atoms. The van der Waals surface area contributed by atoms with E-state index in [1.807, 2.05) is 39.0 Å². The molecule has 0 radical (unpaired) electrons. The minimum atomic E-state index is -0.319. The molecule has 0 aliphatic heterocycles. The fourth-order valence-electron chi connectivity index (χ4n) is 2.02. The zero-order chi connectivity index (χ0) is 14.0. The highest BCUT2D eigenvalue weighted by molar-refractivity contribution is 5.91. The molecule has 0 saturated carbocycles. The molecule has 0 atom stereocenters. The summed E-state index contributed by atoms with van der Waals surface area (Å²) >= 11 is 0. The van der Waals surface area contributed by atoms with Gasteiger partial charge in [0.15, 0.2) is 0 Å². The van der Waals surface area contributed by atoms with Crippen LogP contribution in [0.3, 0.4) is 0 Å². The third kappa shape index (κ3) is 2.81. The number of aromatic nitrogens is 1. The van der Waals surface area contributed by atoms with Crippen molar-refractivity contribution in [2.24, 2.45) is 0 Å². The fourth-order valence-corrected chi connectivity index (χ4v) is 2.02. The van der Waals surface area contributed by atoms with E-state index in [0.29, 0.717) is 5.69 Å². The molecule has 2 N–H and O–H groups in total. The second-order valence-corrected chi connectivity index (χ2v) is 4.65. The summed E-state index contributed by atoms with van der Waals surface area (Å²) < 4.78 is 13.1. The molecule has 0 aliphatic rings. The lowest BCUT2D eigenvalue weighted by atomic mass is 9.98. The molecule has 98 valence electrons. The summed E-state index contributed by atoms with van der Waals surface area (Å²) in [5.41, 5.74) is 11.1. The summed E-state index contributed by atoms with van der Waals surface area (Å²) in [6.07, 6.45) is 0. The van der Waals surface area contributed by atoms with Crippen LogP contribution >= 0.6 is 0 Å². The Morgan fingerprint density at radius 2 is 1.84 bits per heavy atom. The number of nitrogens with two attached hydrogens (primary N) is 1. The molecular weight excluding hydrogens is 239 g/mol. The largest absolute Gasteiger partial charge is 0.398 e. The first-order valence-electron chi connectivity index (χ1n) is 6.16. The van der Waals surface area contributed by atoms with E-state index in [9.17, 15) is 4.39 Å². The van der Waals surface area contributed by atoms with Crippen LogP contribution in [-0.4, -0.2) is 4.98 Å². The number of aryl methyl sites for hydroxylation is 1. The van der Waals surface area contributed by atoms with E-state index in [1.54, 1.807) is 6.07 Å². The summed E-state index contributed by atoms with van der Waals surface area (Å²) in [5.74, 6) is -0.319. The standard InChI is InChI=1S/C16H17FN2/c1-10-5-4-6-16(19-10)12(3)11(2)14-8-7-13(17)9-15(14)18/h4-9H,18H2,1-3H3/b12-11-. The number of nitrogen functional groups attached to an aromatic ring is 1. The molecule has 2 nitrogen and oxygen atoms in total. The van der Waals surface area contributed by atoms with E-state index in [-0.39, 0.29) is 5.82 Å². The van der Waals surface area contributed by atoms with Gasteiger partial charge in [-0.05, 0) is 62.2 Å². The molecule has 1 aromatic heterocycles. The van der Waals surface area contributed by atoms with Crippen molar-refractivity contribution in [1.29, 1.82) is 0 Å². The van der Waals surface area contributed by atoms with Crippen LogP contribution in [0.2, 0.25) is 0 Å². The first kappa shape index (κ1) is 13.3. The Balaban J connectivity index is 2.51. The minimum absolute atomic E-state index is 0.319. The second kappa shape index (κ2) is 5.22. The van der Waals surface area contributed by atoms with E-state index in [0.717, 1.165) is 28.1 Å². The van der Waals surface area contributed by atoms with Crippen molar-refractivity contribution in [3.8, 4) is 0 Å². The molecule has 0 amide bonds. The lowest BCUT2D eigenvalue weighted by Gasteiger charge is -2.11.